The minimum atomic E-state index is 0.911. The molecule has 0 aromatic heterocycles. The first-order chi connectivity index (χ1) is 6.26. The lowest BCUT2D eigenvalue weighted by molar-refractivity contribution is 0.257. The third-order valence-electron chi connectivity index (χ3n) is 2.62. The van der Waals surface area contributed by atoms with E-state index in [1.165, 1.54) is 38.8 Å². The van der Waals surface area contributed by atoms with E-state index in [0.29, 0.717) is 0 Å². The average Bonchev–Trinajstić information content (AvgIpc) is 2.11. The Labute approximate surface area is 84.3 Å². The molecule has 1 aliphatic heterocycles. The average molecular weight is 185 g/mol. The SMILES string of the molecule is CCC.CCC[C@@H]1CCNC[C@H]1C. The fourth-order valence-electron chi connectivity index (χ4n) is 1.87. The monoisotopic (exact) mass is 185 g/mol. The van der Waals surface area contributed by atoms with Crippen LogP contribution in [0.25, 0.3) is 0 Å². The van der Waals surface area contributed by atoms with Crippen LogP contribution in [0.5, 0.6) is 0 Å². The Bertz CT molecular complexity index is 99.3. The second-order valence-corrected chi connectivity index (χ2v) is 4.23. The van der Waals surface area contributed by atoms with Crippen LogP contribution in [0, 0.1) is 11.8 Å². The standard InChI is InChI=1S/C9H19N.C3H8/c1-3-4-9-5-6-10-7-8(9)2;1-3-2/h8-10H,3-7H2,1-2H3;3H2,1-2H3/t8-,9-;/m1./s1. The fraction of sp³-hybridized carbons (Fsp3) is 1.00. The summed E-state index contributed by atoms with van der Waals surface area (Å²) in [5, 5.41) is 3.42. The van der Waals surface area contributed by atoms with Gasteiger partial charge in [-0.25, -0.2) is 0 Å². The highest BCUT2D eigenvalue weighted by molar-refractivity contribution is 4.74. The van der Waals surface area contributed by atoms with Crippen molar-refractivity contribution in [1.82, 2.24) is 5.32 Å². The molecule has 0 saturated carbocycles. The van der Waals surface area contributed by atoms with Crippen molar-refractivity contribution in [2.75, 3.05) is 13.1 Å². The summed E-state index contributed by atoms with van der Waals surface area (Å²) in [5.41, 5.74) is 0. The molecule has 0 bridgehead atoms. The van der Waals surface area contributed by atoms with E-state index in [-0.39, 0.29) is 0 Å². The van der Waals surface area contributed by atoms with Crippen LogP contribution in [-0.4, -0.2) is 13.1 Å². The molecule has 0 radical (unpaired) electrons. The Morgan fingerprint density at radius 1 is 1.23 bits per heavy atom. The number of nitrogens with one attached hydrogen (secondary N) is 1. The molecule has 1 aliphatic rings. The maximum absolute atomic E-state index is 3.42. The highest BCUT2D eigenvalue weighted by atomic mass is 14.9. The molecular weight excluding hydrogens is 158 g/mol. The summed E-state index contributed by atoms with van der Waals surface area (Å²) in [4.78, 5) is 0. The van der Waals surface area contributed by atoms with Crippen LogP contribution in [0.4, 0.5) is 0 Å². The van der Waals surface area contributed by atoms with Crippen molar-refractivity contribution in [3.63, 3.8) is 0 Å². The summed E-state index contributed by atoms with van der Waals surface area (Å²) >= 11 is 0. The summed E-state index contributed by atoms with van der Waals surface area (Å²) in [6, 6.07) is 0. The normalized spacial score (nSPS) is 27.7. The number of hydrogen-bond acceptors (Lipinski definition) is 1. The van der Waals surface area contributed by atoms with Crippen molar-refractivity contribution in [1.29, 1.82) is 0 Å². The van der Waals surface area contributed by atoms with Crippen molar-refractivity contribution in [3.05, 3.63) is 0 Å². The van der Waals surface area contributed by atoms with E-state index < -0.39 is 0 Å². The van der Waals surface area contributed by atoms with Crippen molar-refractivity contribution in [2.45, 2.75) is 53.4 Å². The Hall–Kier alpha value is -0.0400. The second-order valence-electron chi connectivity index (χ2n) is 4.23. The molecule has 0 aliphatic carbocycles. The summed E-state index contributed by atoms with van der Waals surface area (Å²) < 4.78 is 0. The summed E-state index contributed by atoms with van der Waals surface area (Å²) in [5.74, 6) is 1.92. The first kappa shape index (κ1) is 13.0. The zero-order valence-electron chi connectivity index (χ0n) is 9.90. The van der Waals surface area contributed by atoms with E-state index in [1.54, 1.807) is 0 Å². The van der Waals surface area contributed by atoms with E-state index in [4.69, 9.17) is 0 Å². The van der Waals surface area contributed by atoms with Crippen LogP contribution < -0.4 is 5.32 Å². The largest absolute Gasteiger partial charge is 0.316 e. The molecule has 2 atom stereocenters. The molecule has 0 amide bonds. The van der Waals surface area contributed by atoms with Gasteiger partial charge in [-0.3, -0.25) is 0 Å². The first-order valence-electron chi connectivity index (χ1n) is 5.96. The van der Waals surface area contributed by atoms with Gasteiger partial charge in [-0.2, -0.15) is 0 Å². The predicted octanol–water partition coefficient (Wildman–Crippen LogP) is 3.45. The maximum Gasteiger partial charge on any atom is -0.00205 e. The van der Waals surface area contributed by atoms with Crippen LogP contribution in [0.2, 0.25) is 0 Å². The van der Waals surface area contributed by atoms with Gasteiger partial charge in [-0.05, 0) is 31.3 Å². The van der Waals surface area contributed by atoms with Crippen LogP contribution >= 0.6 is 0 Å². The van der Waals surface area contributed by atoms with Crippen molar-refractivity contribution in [3.8, 4) is 0 Å². The molecule has 0 aromatic carbocycles. The van der Waals surface area contributed by atoms with Gasteiger partial charge in [0.05, 0.1) is 0 Å². The molecule has 0 spiro atoms. The molecular formula is C12H27N. The van der Waals surface area contributed by atoms with Gasteiger partial charge in [-0.15, -0.1) is 0 Å². The summed E-state index contributed by atoms with van der Waals surface area (Å²) in [6.45, 7) is 11.4. The summed E-state index contributed by atoms with van der Waals surface area (Å²) in [6.07, 6.45) is 5.44. The number of hydrogen-bond donors (Lipinski definition) is 1. The molecule has 1 heteroatoms. The maximum atomic E-state index is 3.42. The van der Waals surface area contributed by atoms with Gasteiger partial charge in [0.25, 0.3) is 0 Å². The number of rotatable bonds is 2. The lowest BCUT2D eigenvalue weighted by Crippen LogP contribution is -2.34. The molecule has 1 N–H and O–H groups in total. The molecule has 1 heterocycles. The molecule has 1 fully saturated rings. The van der Waals surface area contributed by atoms with Crippen LogP contribution in [0.3, 0.4) is 0 Å². The van der Waals surface area contributed by atoms with Crippen LogP contribution in [-0.2, 0) is 0 Å². The van der Waals surface area contributed by atoms with Gasteiger partial charge in [0, 0.05) is 0 Å². The van der Waals surface area contributed by atoms with E-state index in [0.717, 1.165) is 11.8 Å². The van der Waals surface area contributed by atoms with Crippen molar-refractivity contribution in [2.24, 2.45) is 11.8 Å². The Balaban J connectivity index is 0.000000424. The minimum Gasteiger partial charge on any atom is -0.316 e. The van der Waals surface area contributed by atoms with Crippen molar-refractivity contribution < 1.29 is 0 Å². The first-order valence-corrected chi connectivity index (χ1v) is 5.96. The topological polar surface area (TPSA) is 12.0 Å². The van der Waals surface area contributed by atoms with Gasteiger partial charge in [0.15, 0.2) is 0 Å². The van der Waals surface area contributed by atoms with E-state index in [2.05, 4.69) is 33.0 Å². The second kappa shape index (κ2) is 8.55. The molecule has 80 valence electrons. The quantitative estimate of drug-likeness (QED) is 0.695. The Morgan fingerprint density at radius 2 is 1.85 bits per heavy atom. The lowest BCUT2D eigenvalue weighted by Gasteiger charge is -2.29. The lowest BCUT2D eigenvalue weighted by atomic mass is 9.85. The highest BCUT2D eigenvalue weighted by Gasteiger charge is 2.19. The van der Waals surface area contributed by atoms with E-state index in [1.807, 2.05) is 0 Å². The molecule has 0 aromatic rings. The fourth-order valence-corrected chi connectivity index (χ4v) is 1.87. The van der Waals surface area contributed by atoms with Gasteiger partial charge < -0.3 is 5.32 Å². The molecule has 13 heavy (non-hydrogen) atoms. The third kappa shape index (κ3) is 6.09. The molecule has 1 nitrogen and oxygen atoms in total. The highest BCUT2D eigenvalue weighted by Crippen LogP contribution is 2.22. The van der Waals surface area contributed by atoms with Gasteiger partial charge in [-0.1, -0.05) is 47.0 Å². The minimum absolute atomic E-state index is 0.911. The van der Waals surface area contributed by atoms with E-state index in [9.17, 15) is 0 Å². The van der Waals surface area contributed by atoms with Gasteiger partial charge in [0.1, 0.15) is 0 Å². The van der Waals surface area contributed by atoms with Crippen molar-refractivity contribution >= 4 is 0 Å². The van der Waals surface area contributed by atoms with Crippen LogP contribution in [0.15, 0.2) is 0 Å². The Kier molecular flexibility index (Phi) is 8.53. The third-order valence-corrected chi connectivity index (χ3v) is 2.62. The summed E-state index contributed by atoms with van der Waals surface area (Å²) in [7, 11) is 0. The zero-order valence-corrected chi connectivity index (χ0v) is 9.90. The van der Waals surface area contributed by atoms with Crippen LogP contribution in [0.1, 0.15) is 53.4 Å². The predicted molar refractivity (Wildman–Crippen MR) is 61.0 cm³/mol. The Morgan fingerprint density at radius 3 is 2.31 bits per heavy atom. The van der Waals surface area contributed by atoms with Gasteiger partial charge in [0.2, 0.25) is 0 Å². The van der Waals surface area contributed by atoms with E-state index >= 15 is 0 Å². The number of piperidine rings is 1. The molecule has 1 rings (SSSR count). The zero-order chi connectivity index (χ0) is 10.1. The van der Waals surface area contributed by atoms with Gasteiger partial charge >= 0.3 is 0 Å². The molecule has 1 saturated heterocycles. The smallest absolute Gasteiger partial charge is 0.00205 e. The molecule has 0 unspecified atom stereocenters.